The van der Waals surface area contributed by atoms with Gasteiger partial charge in [0.1, 0.15) is 6.33 Å². The van der Waals surface area contributed by atoms with Crippen molar-refractivity contribution in [2.75, 3.05) is 6.26 Å². The second kappa shape index (κ2) is 5.66. The third kappa shape index (κ3) is 2.85. The maximum absolute atomic E-state index is 12.5. The van der Waals surface area contributed by atoms with Gasteiger partial charge in [0.15, 0.2) is 5.78 Å². The van der Waals surface area contributed by atoms with Crippen LogP contribution in [-0.2, 0) is 27.6 Å². The molecule has 0 saturated heterocycles. The monoisotopic (exact) mass is 291 g/mol. The lowest BCUT2D eigenvalue weighted by molar-refractivity contribution is -0.124. The summed E-state index contributed by atoms with van der Waals surface area (Å²) in [6, 6.07) is 9.61. The predicted octanol–water partition coefficient (Wildman–Crippen LogP) is 1.56. The van der Waals surface area contributed by atoms with Crippen molar-refractivity contribution in [2.45, 2.75) is 31.0 Å². The highest BCUT2D eigenvalue weighted by molar-refractivity contribution is 7.84. The van der Waals surface area contributed by atoms with E-state index in [-0.39, 0.29) is 12.3 Å². The fourth-order valence-corrected chi connectivity index (χ4v) is 2.55. The van der Waals surface area contributed by atoms with E-state index in [0.717, 1.165) is 5.56 Å². The van der Waals surface area contributed by atoms with E-state index in [1.54, 1.807) is 4.57 Å². The second-order valence-electron chi connectivity index (χ2n) is 5.11. The molecule has 20 heavy (non-hydrogen) atoms. The Bertz CT molecular complexity index is 635. The summed E-state index contributed by atoms with van der Waals surface area (Å²) < 4.78 is 13.0. The molecule has 0 spiro atoms. The molecule has 0 aliphatic heterocycles. The molecule has 2 aromatic rings. The molecule has 106 valence electrons. The molecule has 5 nitrogen and oxygen atoms in total. The van der Waals surface area contributed by atoms with E-state index in [1.807, 2.05) is 44.2 Å². The quantitative estimate of drug-likeness (QED) is 0.838. The molecule has 1 heterocycles. The zero-order valence-electron chi connectivity index (χ0n) is 11.7. The van der Waals surface area contributed by atoms with Gasteiger partial charge in [-0.2, -0.15) is 0 Å². The number of nitrogens with zero attached hydrogens (tertiary/aromatic N) is 3. The van der Waals surface area contributed by atoms with Crippen molar-refractivity contribution in [3.05, 3.63) is 42.2 Å². The number of ketones is 1. The lowest BCUT2D eigenvalue weighted by atomic mass is 9.80. The smallest absolute Gasteiger partial charge is 0.221 e. The Balaban J connectivity index is 2.24. The van der Waals surface area contributed by atoms with Gasteiger partial charge in [0.25, 0.3) is 0 Å². The Morgan fingerprint density at radius 2 is 1.95 bits per heavy atom. The molecular formula is C14H17N3O2S. The minimum Gasteiger partial charge on any atom is -0.299 e. The van der Waals surface area contributed by atoms with E-state index in [1.165, 1.54) is 12.6 Å². The Morgan fingerprint density at radius 3 is 2.55 bits per heavy atom. The van der Waals surface area contributed by atoms with Gasteiger partial charge in [-0.1, -0.05) is 30.3 Å². The molecule has 1 aromatic heterocycles. The first kappa shape index (κ1) is 14.6. The van der Waals surface area contributed by atoms with Crippen LogP contribution in [0.3, 0.4) is 0 Å². The van der Waals surface area contributed by atoms with Crippen LogP contribution in [0.15, 0.2) is 41.8 Å². The Morgan fingerprint density at radius 1 is 1.30 bits per heavy atom. The van der Waals surface area contributed by atoms with Gasteiger partial charge in [0.2, 0.25) is 5.16 Å². The normalized spacial score (nSPS) is 13.2. The summed E-state index contributed by atoms with van der Waals surface area (Å²) in [5, 5.41) is 7.82. The summed E-state index contributed by atoms with van der Waals surface area (Å²) in [6.45, 7) is 3.89. The molecule has 0 N–H and O–H groups in total. The van der Waals surface area contributed by atoms with Crippen molar-refractivity contribution in [3.63, 3.8) is 0 Å². The number of hydrogen-bond donors (Lipinski definition) is 0. The lowest BCUT2D eigenvalue weighted by Gasteiger charge is -2.24. The second-order valence-corrected chi connectivity index (χ2v) is 6.38. The highest BCUT2D eigenvalue weighted by Crippen LogP contribution is 2.24. The maximum atomic E-state index is 12.5. The zero-order valence-corrected chi connectivity index (χ0v) is 12.6. The molecule has 1 unspecified atom stereocenters. The summed E-state index contributed by atoms with van der Waals surface area (Å²) in [5.41, 5.74) is 0.343. The molecule has 0 fully saturated rings. The topological polar surface area (TPSA) is 64.8 Å². The number of carbonyl (C=O) groups excluding carboxylic acids is 1. The summed E-state index contributed by atoms with van der Waals surface area (Å²) in [5.74, 6) is 0.0233. The van der Waals surface area contributed by atoms with Crippen LogP contribution in [0.1, 0.15) is 19.4 Å². The molecule has 6 heteroatoms. The molecule has 0 aliphatic carbocycles. The van der Waals surface area contributed by atoms with Crippen molar-refractivity contribution < 1.29 is 9.00 Å². The van der Waals surface area contributed by atoms with E-state index in [2.05, 4.69) is 10.2 Å². The summed E-state index contributed by atoms with van der Waals surface area (Å²) in [4.78, 5) is 12.5. The lowest BCUT2D eigenvalue weighted by Crippen LogP contribution is -2.32. The van der Waals surface area contributed by atoms with Crippen LogP contribution in [0.25, 0.3) is 0 Å². The summed E-state index contributed by atoms with van der Waals surface area (Å²) in [6.07, 6.45) is 2.96. The van der Waals surface area contributed by atoms with E-state index in [0.29, 0.717) is 5.16 Å². The fraction of sp³-hybridized carbons (Fsp3) is 0.357. The van der Waals surface area contributed by atoms with Gasteiger partial charge in [0, 0.05) is 6.26 Å². The van der Waals surface area contributed by atoms with Gasteiger partial charge in [-0.15, -0.1) is 10.2 Å². The molecule has 0 amide bonds. The van der Waals surface area contributed by atoms with Crippen LogP contribution in [0.4, 0.5) is 0 Å². The Labute approximate surface area is 120 Å². The molecule has 1 aromatic carbocycles. The Hall–Kier alpha value is -1.82. The van der Waals surface area contributed by atoms with Gasteiger partial charge in [0.05, 0.1) is 22.8 Å². The fourth-order valence-electron chi connectivity index (χ4n) is 1.94. The van der Waals surface area contributed by atoms with Gasteiger partial charge in [-0.3, -0.25) is 13.6 Å². The van der Waals surface area contributed by atoms with Crippen molar-refractivity contribution in [2.24, 2.45) is 0 Å². The number of benzene rings is 1. The average Bonchev–Trinajstić information content (AvgIpc) is 2.88. The minimum absolute atomic E-state index is 0.0233. The number of aromatic nitrogens is 3. The van der Waals surface area contributed by atoms with Crippen LogP contribution in [0.5, 0.6) is 0 Å². The highest BCUT2D eigenvalue weighted by atomic mass is 32.2. The summed E-state index contributed by atoms with van der Waals surface area (Å²) in [7, 11) is -1.26. The van der Waals surface area contributed by atoms with E-state index < -0.39 is 16.2 Å². The highest BCUT2D eigenvalue weighted by Gasteiger charge is 2.30. The van der Waals surface area contributed by atoms with Crippen LogP contribution in [0, 0.1) is 0 Å². The van der Waals surface area contributed by atoms with Gasteiger partial charge < -0.3 is 0 Å². The molecule has 0 bridgehead atoms. The summed E-state index contributed by atoms with van der Waals surface area (Å²) >= 11 is 0. The Kier molecular flexibility index (Phi) is 4.13. The average molecular weight is 291 g/mol. The maximum Gasteiger partial charge on any atom is 0.221 e. The molecule has 2 rings (SSSR count). The van der Waals surface area contributed by atoms with Crippen molar-refractivity contribution in [1.29, 1.82) is 0 Å². The number of carbonyl (C=O) groups is 1. The van der Waals surface area contributed by atoms with E-state index >= 15 is 0 Å². The first-order chi connectivity index (χ1) is 9.43. The van der Waals surface area contributed by atoms with E-state index in [9.17, 15) is 9.00 Å². The molecular weight excluding hydrogens is 274 g/mol. The third-order valence-corrected chi connectivity index (χ3v) is 4.17. The van der Waals surface area contributed by atoms with Gasteiger partial charge in [-0.05, 0) is 19.4 Å². The van der Waals surface area contributed by atoms with Crippen molar-refractivity contribution in [1.82, 2.24) is 14.8 Å². The van der Waals surface area contributed by atoms with Gasteiger partial charge >= 0.3 is 0 Å². The number of Topliss-reactive ketones (excluding diaryl/α,β-unsaturated/α-hetero) is 1. The molecule has 1 atom stereocenters. The molecule has 0 saturated carbocycles. The zero-order chi connectivity index (χ0) is 14.8. The standard InChI is InChI=1S/C14H17N3O2S/c1-14(2,11-7-5-4-6-8-11)12(18)9-17-10-15-16-13(17)20(3)19/h4-8,10H,9H2,1-3H3. The van der Waals surface area contributed by atoms with Gasteiger partial charge in [-0.25, -0.2) is 0 Å². The van der Waals surface area contributed by atoms with Crippen LogP contribution >= 0.6 is 0 Å². The largest absolute Gasteiger partial charge is 0.299 e. The number of hydrogen-bond acceptors (Lipinski definition) is 4. The first-order valence-electron chi connectivity index (χ1n) is 6.23. The first-order valence-corrected chi connectivity index (χ1v) is 7.79. The predicted molar refractivity (Wildman–Crippen MR) is 76.8 cm³/mol. The minimum atomic E-state index is -1.26. The SMILES string of the molecule is CS(=O)c1nncn1CC(=O)C(C)(C)c1ccccc1. The molecule has 0 aliphatic rings. The van der Waals surface area contributed by atoms with Crippen LogP contribution < -0.4 is 0 Å². The number of rotatable bonds is 5. The molecule has 0 radical (unpaired) electrons. The van der Waals surface area contributed by atoms with Crippen molar-refractivity contribution in [3.8, 4) is 0 Å². The third-order valence-electron chi connectivity index (χ3n) is 3.34. The van der Waals surface area contributed by atoms with Crippen LogP contribution in [0.2, 0.25) is 0 Å². The van der Waals surface area contributed by atoms with Crippen molar-refractivity contribution >= 4 is 16.6 Å². The van der Waals surface area contributed by atoms with Crippen LogP contribution in [-0.4, -0.2) is 31.0 Å². The van der Waals surface area contributed by atoms with E-state index in [4.69, 9.17) is 0 Å².